The van der Waals surface area contributed by atoms with E-state index in [-0.39, 0.29) is 12.5 Å². The van der Waals surface area contributed by atoms with Gasteiger partial charge in [-0.25, -0.2) is 0 Å². The molecule has 1 aliphatic rings. The molecule has 0 heterocycles. The van der Waals surface area contributed by atoms with Crippen LogP contribution in [0.15, 0.2) is 12.1 Å². The van der Waals surface area contributed by atoms with Crippen molar-refractivity contribution in [1.29, 1.82) is 0 Å². The minimum absolute atomic E-state index is 0.0134. The zero-order chi connectivity index (χ0) is 16.8. The molecule has 23 heavy (non-hydrogen) atoms. The maximum absolute atomic E-state index is 12.1. The Morgan fingerprint density at radius 1 is 1.17 bits per heavy atom. The van der Waals surface area contributed by atoms with Crippen molar-refractivity contribution < 1.29 is 14.3 Å². The van der Waals surface area contributed by atoms with Crippen molar-refractivity contribution in [3.8, 4) is 11.5 Å². The highest BCUT2D eigenvalue weighted by Crippen LogP contribution is 2.35. The number of anilines is 1. The number of hydrogen-bond acceptors (Lipinski definition) is 4. The molecule has 0 atom stereocenters. The van der Waals surface area contributed by atoms with Crippen molar-refractivity contribution in [3.05, 3.63) is 17.2 Å². The summed E-state index contributed by atoms with van der Waals surface area (Å²) in [6.45, 7) is 2.45. The van der Waals surface area contributed by atoms with Crippen LogP contribution < -0.4 is 20.1 Å². The van der Waals surface area contributed by atoms with E-state index < -0.39 is 0 Å². The van der Waals surface area contributed by atoms with Crippen molar-refractivity contribution in [2.24, 2.45) is 5.92 Å². The average Bonchev–Trinajstić information content (AvgIpc) is 2.55. The van der Waals surface area contributed by atoms with E-state index in [0.29, 0.717) is 28.3 Å². The Hall–Kier alpha value is -1.62. The highest BCUT2D eigenvalue weighted by Gasteiger charge is 2.19. The SMILES string of the molecule is COc1cc(NCC(=O)NC2CCC(C)CC2)c(OC)cc1Cl. The van der Waals surface area contributed by atoms with Crippen LogP contribution in [0.1, 0.15) is 32.6 Å². The summed E-state index contributed by atoms with van der Waals surface area (Å²) in [6.07, 6.45) is 4.48. The van der Waals surface area contributed by atoms with Gasteiger partial charge < -0.3 is 20.1 Å². The summed E-state index contributed by atoms with van der Waals surface area (Å²) < 4.78 is 10.5. The number of hydrogen-bond donors (Lipinski definition) is 2. The Labute approximate surface area is 142 Å². The van der Waals surface area contributed by atoms with Crippen molar-refractivity contribution in [2.75, 3.05) is 26.1 Å². The summed E-state index contributed by atoms with van der Waals surface area (Å²) in [6, 6.07) is 3.70. The normalized spacial score (nSPS) is 20.7. The number of halogens is 1. The third kappa shape index (κ3) is 4.93. The van der Waals surface area contributed by atoms with Crippen LogP contribution in [-0.2, 0) is 4.79 Å². The summed E-state index contributed by atoms with van der Waals surface area (Å²) in [7, 11) is 3.11. The summed E-state index contributed by atoms with van der Waals surface area (Å²) >= 11 is 6.07. The lowest BCUT2D eigenvalue weighted by Gasteiger charge is -2.27. The molecule has 1 amide bonds. The molecule has 0 saturated heterocycles. The van der Waals surface area contributed by atoms with Crippen LogP contribution in [-0.4, -0.2) is 32.7 Å². The van der Waals surface area contributed by atoms with E-state index in [0.717, 1.165) is 18.8 Å². The number of rotatable bonds is 6. The Morgan fingerprint density at radius 2 is 1.83 bits per heavy atom. The van der Waals surface area contributed by atoms with Crippen molar-refractivity contribution in [2.45, 2.75) is 38.6 Å². The molecule has 2 N–H and O–H groups in total. The molecule has 1 saturated carbocycles. The van der Waals surface area contributed by atoms with Gasteiger partial charge in [-0.2, -0.15) is 0 Å². The predicted molar refractivity (Wildman–Crippen MR) is 92.6 cm³/mol. The van der Waals surface area contributed by atoms with Crippen molar-refractivity contribution in [3.63, 3.8) is 0 Å². The van der Waals surface area contributed by atoms with Crippen LogP contribution in [0, 0.1) is 5.92 Å². The molecule has 1 aromatic carbocycles. The maximum atomic E-state index is 12.1. The molecule has 5 nitrogen and oxygen atoms in total. The van der Waals surface area contributed by atoms with Crippen molar-refractivity contribution >= 4 is 23.2 Å². The lowest BCUT2D eigenvalue weighted by atomic mass is 9.87. The van der Waals surface area contributed by atoms with Crippen LogP contribution in [0.3, 0.4) is 0 Å². The predicted octanol–water partition coefficient (Wildman–Crippen LogP) is 3.46. The number of benzene rings is 1. The molecule has 0 spiro atoms. The molecule has 6 heteroatoms. The molecule has 0 unspecified atom stereocenters. The second-order valence-corrected chi connectivity index (χ2v) is 6.47. The first kappa shape index (κ1) is 17.7. The summed E-state index contributed by atoms with van der Waals surface area (Å²) in [5, 5.41) is 6.64. The highest BCUT2D eigenvalue weighted by atomic mass is 35.5. The fourth-order valence-electron chi connectivity index (χ4n) is 2.86. The van der Waals surface area contributed by atoms with Crippen LogP contribution in [0.4, 0.5) is 5.69 Å². The van der Waals surface area contributed by atoms with Gasteiger partial charge in [0.05, 0.1) is 31.5 Å². The van der Waals surface area contributed by atoms with Gasteiger partial charge in [-0.05, 0) is 31.6 Å². The topological polar surface area (TPSA) is 59.6 Å². The Kier molecular flexibility index (Phi) is 6.39. The monoisotopic (exact) mass is 340 g/mol. The van der Waals surface area contributed by atoms with Crippen molar-refractivity contribution in [1.82, 2.24) is 5.32 Å². The molecule has 1 fully saturated rings. The minimum atomic E-state index is -0.0134. The standard InChI is InChI=1S/C17H25ClN2O3/c1-11-4-6-12(7-5-11)20-17(21)10-19-14-9-15(22-2)13(18)8-16(14)23-3/h8-9,11-12,19H,4-7,10H2,1-3H3,(H,20,21). The molecular weight excluding hydrogens is 316 g/mol. The van der Waals surface area contributed by atoms with Gasteiger partial charge in [0.1, 0.15) is 11.5 Å². The maximum Gasteiger partial charge on any atom is 0.239 e. The number of carbonyl (C=O) groups excluding carboxylic acids is 1. The van der Waals surface area contributed by atoms with Gasteiger partial charge in [0.2, 0.25) is 5.91 Å². The summed E-state index contributed by atoms with van der Waals surface area (Å²) in [5.74, 6) is 1.87. The van der Waals surface area contributed by atoms with E-state index in [1.165, 1.54) is 12.8 Å². The number of methoxy groups -OCH3 is 2. The van der Waals surface area contributed by atoms with Gasteiger partial charge in [0.15, 0.2) is 0 Å². The zero-order valence-corrected chi connectivity index (χ0v) is 14.7. The third-order valence-electron chi connectivity index (χ3n) is 4.29. The number of nitrogens with one attached hydrogen (secondary N) is 2. The van der Waals surface area contributed by atoms with E-state index >= 15 is 0 Å². The van der Waals surface area contributed by atoms with Gasteiger partial charge in [-0.3, -0.25) is 4.79 Å². The zero-order valence-electron chi connectivity index (χ0n) is 13.9. The Balaban J connectivity index is 1.90. The van der Waals surface area contributed by atoms with Gasteiger partial charge >= 0.3 is 0 Å². The quantitative estimate of drug-likeness (QED) is 0.832. The van der Waals surface area contributed by atoms with E-state index in [1.54, 1.807) is 26.4 Å². The van der Waals surface area contributed by atoms with Gasteiger partial charge in [0.25, 0.3) is 0 Å². The second kappa shape index (κ2) is 8.29. The molecule has 1 aliphatic carbocycles. The first-order valence-corrected chi connectivity index (χ1v) is 8.36. The second-order valence-electron chi connectivity index (χ2n) is 6.06. The van der Waals surface area contributed by atoms with E-state index in [9.17, 15) is 4.79 Å². The molecule has 0 aliphatic heterocycles. The first-order chi connectivity index (χ1) is 11.0. The molecule has 2 rings (SSSR count). The summed E-state index contributed by atoms with van der Waals surface area (Å²) in [5.41, 5.74) is 0.682. The molecule has 0 radical (unpaired) electrons. The molecule has 1 aromatic rings. The van der Waals surface area contributed by atoms with Crippen LogP contribution in [0.5, 0.6) is 11.5 Å². The van der Waals surface area contributed by atoms with E-state index in [4.69, 9.17) is 21.1 Å². The first-order valence-electron chi connectivity index (χ1n) is 7.98. The van der Waals surface area contributed by atoms with Gasteiger partial charge in [-0.15, -0.1) is 0 Å². The largest absolute Gasteiger partial charge is 0.495 e. The van der Waals surface area contributed by atoms with E-state index in [1.807, 2.05) is 0 Å². The lowest BCUT2D eigenvalue weighted by Crippen LogP contribution is -2.40. The number of amides is 1. The fraction of sp³-hybridized carbons (Fsp3) is 0.588. The van der Waals surface area contributed by atoms with E-state index in [2.05, 4.69) is 17.6 Å². The fourth-order valence-corrected chi connectivity index (χ4v) is 3.09. The molecule has 0 aromatic heterocycles. The highest BCUT2D eigenvalue weighted by molar-refractivity contribution is 6.32. The smallest absolute Gasteiger partial charge is 0.239 e. The van der Waals surface area contributed by atoms with Crippen LogP contribution >= 0.6 is 11.6 Å². The average molecular weight is 341 g/mol. The third-order valence-corrected chi connectivity index (χ3v) is 4.59. The number of ether oxygens (including phenoxy) is 2. The lowest BCUT2D eigenvalue weighted by molar-refractivity contribution is -0.120. The Morgan fingerprint density at radius 3 is 2.43 bits per heavy atom. The van der Waals surface area contributed by atoms with Gasteiger partial charge in [-0.1, -0.05) is 18.5 Å². The Bertz CT molecular complexity index is 543. The molecule has 0 bridgehead atoms. The summed E-state index contributed by atoms with van der Waals surface area (Å²) in [4.78, 5) is 12.1. The van der Waals surface area contributed by atoms with Crippen LogP contribution in [0.2, 0.25) is 5.02 Å². The van der Waals surface area contributed by atoms with Crippen LogP contribution in [0.25, 0.3) is 0 Å². The number of carbonyl (C=O) groups is 1. The molecular formula is C17H25ClN2O3. The molecule has 128 valence electrons. The minimum Gasteiger partial charge on any atom is -0.495 e. The van der Waals surface area contributed by atoms with Gasteiger partial charge in [0, 0.05) is 18.2 Å².